The van der Waals surface area contributed by atoms with Crippen LogP contribution in [0.25, 0.3) is 0 Å². The first-order valence-electron chi connectivity index (χ1n) is 7.91. The maximum atomic E-state index is 12.3. The normalized spacial score (nSPS) is 14.3. The van der Waals surface area contributed by atoms with E-state index in [0.717, 1.165) is 5.56 Å². The molecule has 130 valence electrons. The lowest BCUT2D eigenvalue weighted by atomic mass is 10.2. The van der Waals surface area contributed by atoms with E-state index in [1.807, 2.05) is 0 Å². The molecule has 8 heteroatoms. The quantitative estimate of drug-likeness (QED) is 0.818. The summed E-state index contributed by atoms with van der Waals surface area (Å²) in [6, 6.07) is 6.80. The summed E-state index contributed by atoms with van der Waals surface area (Å²) in [4.78, 5) is 43.7. The molecule has 1 N–H and O–H groups in total. The van der Waals surface area contributed by atoms with Crippen molar-refractivity contribution in [1.82, 2.24) is 14.8 Å². The number of hydrogen-bond donors (Lipinski definition) is 1. The molecule has 3 amide bonds. The topological polar surface area (TPSA) is 95.8 Å². The van der Waals surface area contributed by atoms with Gasteiger partial charge in [0.05, 0.1) is 6.26 Å². The number of aromatic nitrogens is 1. The second-order valence-corrected chi connectivity index (χ2v) is 5.68. The highest BCUT2D eigenvalue weighted by Gasteiger charge is 2.29. The average molecular weight is 342 g/mol. The van der Waals surface area contributed by atoms with Gasteiger partial charge in [-0.15, -0.1) is 0 Å². The number of nitrogens with one attached hydrogen (secondary N) is 1. The second-order valence-electron chi connectivity index (χ2n) is 5.68. The molecule has 3 heterocycles. The van der Waals surface area contributed by atoms with Crippen LogP contribution in [0, 0.1) is 6.92 Å². The van der Waals surface area contributed by atoms with Gasteiger partial charge < -0.3 is 19.5 Å². The zero-order valence-corrected chi connectivity index (χ0v) is 13.8. The van der Waals surface area contributed by atoms with Gasteiger partial charge in [0.1, 0.15) is 5.82 Å². The van der Waals surface area contributed by atoms with Crippen LogP contribution in [-0.2, 0) is 9.59 Å². The fraction of sp³-hybridized carbons (Fsp3) is 0.294. The minimum absolute atomic E-state index is 0.217. The van der Waals surface area contributed by atoms with Crippen molar-refractivity contribution in [3.8, 4) is 0 Å². The first-order chi connectivity index (χ1) is 12.1. The Morgan fingerprint density at radius 3 is 2.44 bits per heavy atom. The van der Waals surface area contributed by atoms with Gasteiger partial charge in [-0.1, -0.05) is 6.07 Å². The molecule has 8 nitrogen and oxygen atoms in total. The Kier molecular flexibility index (Phi) is 4.78. The van der Waals surface area contributed by atoms with Gasteiger partial charge in [0.2, 0.25) is 0 Å². The lowest BCUT2D eigenvalue weighted by Gasteiger charge is -2.33. The van der Waals surface area contributed by atoms with E-state index >= 15 is 0 Å². The molecule has 0 saturated carbocycles. The van der Waals surface area contributed by atoms with Crippen LogP contribution >= 0.6 is 0 Å². The van der Waals surface area contributed by atoms with Crippen molar-refractivity contribution in [2.75, 3.05) is 31.5 Å². The van der Waals surface area contributed by atoms with Crippen LogP contribution in [0.4, 0.5) is 5.82 Å². The first kappa shape index (κ1) is 16.7. The minimum atomic E-state index is -0.729. The molecule has 0 unspecified atom stereocenters. The van der Waals surface area contributed by atoms with E-state index in [4.69, 9.17) is 4.42 Å². The summed E-state index contributed by atoms with van der Waals surface area (Å²) in [6.45, 7) is 3.08. The van der Waals surface area contributed by atoms with Crippen molar-refractivity contribution in [2.45, 2.75) is 6.92 Å². The maximum Gasteiger partial charge on any atom is 0.315 e. The molecule has 1 saturated heterocycles. The van der Waals surface area contributed by atoms with Crippen molar-refractivity contribution in [3.05, 3.63) is 48.0 Å². The summed E-state index contributed by atoms with van der Waals surface area (Å²) in [6.07, 6.45) is 2.99. The molecule has 1 fully saturated rings. The fourth-order valence-electron chi connectivity index (χ4n) is 2.59. The Labute approximate surface area is 144 Å². The Hall–Kier alpha value is -3.16. The number of hydrogen-bond acceptors (Lipinski definition) is 5. The van der Waals surface area contributed by atoms with E-state index in [2.05, 4.69) is 10.3 Å². The molecule has 3 rings (SSSR count). The lowest BCUT2D eigenvalue weighted by Crippen LogP contribution is -2.53. The maximum absolute atomic E-state index is 12.3. The summed E-state index contributed by atoms with van der Waals surface area (Å²) >= 11 is 0. The van der Waals surface area contributed by atoms with Crippen molar-refractivity contribution in [2.24, 2.45) is 0 Å². The van der Waals surface area contributed by atoms with Crippen LogP contribution < -0.4 is 5.32 Å². The average Bonchev–Trinajstić information content (AvgIpc) is 3.17. The standard InChI is InChI=1S/C17H18N4O4/c1-12-4-2-6-18-14(12)19-15(22)17(24)21-9-7-20(8-10-21)16(23)13-5-3-11-25-13/h2-6,11H,7-10H2,1H3,(H,18,19,22). The smallest absolute Gasteiger partial charge is 0.315 e. The van der Waals surface area contributed by atoms with Gasteiger partial charge >= 0.3 is 11.8 Å². The monoisotopic (exact) mass is 342 g/mol. The Morgan fingerprint density at radius 1 is 1.08 bits per heavy atom. The molecular formula is C17H18N4O4. The van der Waals surface area contributed by atoms with Crippen LogP contribution in [0.2, 0.25) is 0 Å². The molecule has 1 aliphatic rings. The highest BCUT2D eigenvalue weighted by atomic mass is 16.3. The third-order valence-corrected chi connectivity index (χ3v) is 4.02. The number of piperazine rings is 1. The summed E-state index contributed by atoms with van der Waals surface area (Å²) in [5, 5.41) is 2.53. The van der Waals surface area contributed by atoms with Crippen molar-refractivity contribution >= 4 is 23.5 Å². The van der Waals surface area contributed by atoms with Crippen LogP contribution in [0.15, 0.2) is 41.1 Å². The highest BCUT2D eigenvalue weighted by molar-refractivity contribution is 6.39. The number of amides is 3. The minimum Gasteiger partial charge on any atom is -0.459 e. The number of furan rings is 1. The molecule has 1 aliphatic heterocycles. The number of anilines is 1. The number of carbonyl (C=O) groups is 3. The van der Waals surface area contributed by atoms with Gasteiger partial charge in [0.25, 0.3) is 5.91 Å². The number of carbonyl (C=O) groups excluding carboxylic acids is 3. The van der Waals surface area contributed by atoms with Crippen molar-refractivity contribution in [1.29, 1.82) is 0 Å². The lowest BCUT2D eigenvalue weighted by molar-refractivity contribution is -0.144. The predicted molar refractivity (Wildman–Crippen MR) is 88.8 cm³/mol. The van der Waals surface area contributed by atoms with Gasteiger partial charge in [-0.05, 0) is 30.7 Å². The van der Waals surface area contributed by atoms with Crippen LogP contribution in [-0.4, -0.2) is 58.7 Å². The highest BCUT2D eigenvalue weighted by Crippen LogP contribution is 2.12. The van der Waals surface area contributed by atoms with Gasteiger partial charge in [-0.2, -0.15) is 0 Å². The molecule has 0 bridgehead atoms. The third kappa shape index (κ3) is 3.68. The van der Waals surface area contributed by atoms with Gasteiger partial charge in [0.15, 0.2) is 5.76 Å². The summed E-state index contributed by atoms with van der Waals surface area (Å²) < 4.78 is 5.10. The Morgan fingerprint density at radius 2 is 1.80 bits per heavy atom. The Balaban J connectivity index is 1.55. The van der Waals surface area contributed by atoms with E-state index in [1.54, 1.807) is 42.3 Å². The van der Waals surface area contributed by atoms with Crippen LogP contribution in [0.5, 0.6) is 0 Å². The number of nitrogens with zero attached hydrogens (tertiary/aromatic N) is 3. The number of aryl methyl sites for hydroxylation is 1. The Bertz CT molecular complexity index is 780. The van der Waals surface area contributed by atoms with Crippen LogP contribution in [0.1, 0.15) is 16.1 Å². The zero-order chi connectivity index (χ0) is 17.8. The fourth-order valence-corrected chi connectivity index (χ4v) is 2.59. The van der Waals surface area contributed by atoms with Gasteiger partial charge in [-0.3, -0.25) is 14.4 Å². The van der Waals surface area contributed by atoms with E-state index in [9.17, 15) is 14.4 Å². The second kappa shape index (κ2) is 7.16. The molecule has 0 aliphatic carbocycles. The molecule has 2 aromatic heterocycles. The SMILES string of the molecule is Cc1cccnc1NC(=O)C(=O)N1CCN(C(=O)c2ccco2)CC1. The number of pyridine rings is 1. The third-order valence-electron chi connectivity index (χ3n) is 4.02. The van der Waals surface area contributed by atoms with E-state index in [-0.39, 0.29) is 11.7 Å². The summed E-state index contributed by atoms with van der Waals surface area (Å²) in [5.74, 6) is -0.941. The van der Waals surface area contributed by atoms with Gasteiger partial charge in [-0.25, -0.2) is 4.98 Å². The summed E-state index contributed by atoms with van der Waals surface area (Å²) in [7, 11) is 0. The molecule has 2 aromatic rings. The molecule has 0 atom stereocenters. The first-order valence-corrected chi connectivity index (χ1v) is 7.91. The van der Waals surface area contributed by atoms with E-state index in [1.165, 1.54) is 11.2 Å². The summed E-state index contributed by atoms with van der Waals surface area (Å²) in [5.41, 5.74) is 0.775. The molecule has 0 spiro atoms. The zero-order valence-electron chi connectivity index (χ0n) is 13.8. The van der Waals surface area contributed by atoms with Gasteiger partial charge in [0, 0.05) is 32.4 Å². The molecule has 25 heavy (non-hydrogen) atoms. The van der Waals surface area contributed by atoms with E-state index < -0.39 is 11.8 Å². The van der Waals surface area contributed by atoms with Crippen molar-refractivity contribution in [3.63, 3.8) is 0 Å². The molecule has 0 radical (unpaired) electrons. The molecular weight excluding hydrogens is 324 g/mol. The largest absolute Gasteiger partial charge is 0.459 e. The predicted octanol–water partition coefficient (Wildman–Crippen LogP) is 0.906. The number of rotatable bonds is 2. The van der Waals surface area contributed by atoms with E-state index in [0.29, 0.717) is 32.0 Å². The van der Waals surface area contributed by atoms with Crippen LogP contribution in [0.3, 0.4) is 0 Å². The molecule has 0 aromatic carbocycles. The van der Waals surface area contributed by atoms with Crippen molar-refractivity contribution < 1.29 is 18.8 Å².